The van der Waals surface area contributed by atoms with Crippen molar-refractivity contribution in [3.05, 3.63) is 46.2 Å². The maximum Gasteiger partial charge on any atom is 0.148 e. The molecule has 2 rings (SSSR count). The van der Waals surface area contributed by atoms with Crippen molar-refractivity contribution in [2.24, 2.45) is 0 Å². The average molecular weight is 321 g/mol. The highest BCUT2D eigenvalue weighted by Crippen LogP contribution is 2.43. The van der Waals surface area contributed by atoms with E-state index < -0.39 is 0 Å². The number of alkyl halides is 1. The van der Waals surface area contributed by atoms with Gasteiger partial charge in [0, 0.05) is 27.9 Å². The van der Waals surface area contributed by atoms with E-state index in [1.165, 1.54) is 0 Å². The summed E-state index contributed by atoms with van der Waals surface area (Å²) < 4.78 is 5.55. The quantitative estimate of drug-likeness (QED) is 0.756. The van der Waals surface area contributed by atoms with E-state index in [4.69, 9.17) is 27.9 Å². The number of hydrogen-bond acceptors (Lipinski definition) is 3. The third-order valence-corrected chi connectivity index (χ3v) is 3.95. The molecule has 1 unspecified atom stereocenters. The number of nitriles is 1. The van der Waals surface area contributed by atoms with E-state index in [0.29, 0.717) is 22.0 Å². The van der Waals surface area contributed by atoms with Gasteiger partial charge in [0.15, 0.2) is 0 Å². The zero-order valence-corrected chi connectivity index (χ0v) is 13.5. The first-order valence-corrected chi connectivity index (χ1v) is 7.19. The van der Waals surface area contributed by atoms with Crippen molar-refractivity contribution >= 4 is 23.2 Å². The number of hydrogen-bond donors (Lipinski definition) is 0. The molecule has 0 N–H and O–H groups in total. The molecule has 1 atom stereocenters. The summed E-state index contributed by atoms with van der Waals surface area (Å²) in [7, 11) is 1.58. The highest BCUT2D eigenvalue weighted by atomic mass is 35.5. The molecule has 0 aliphatic carbocycles. The normalized spacial score (nSPS) is 11.8. The number of aromatic nitrogens is 1. The topological polar surface area (TPSA) is 45.9 Å². The zero-order valence-electron chi connectivity index (χ0n) is 11.9. The Morgan fingerprint density at radius 3 is 2.71 bits per heavy atom. The average Bonchev–Trinajstić information content (AvgIpc) is 2.49. The van der Waals surface area contributed by atoms with Crippen molar-refractivity contribution in [1.82, 2.24) is 4.98 Å². The van der Waals surface area contributed by atoms with Crippen LogP contribution in [0.5, 0.6) is 5.75 Å². The van der Waals surface area contributed by atoms with Gasteiger partial charge in [0.05, 0.1) is 12.5 Å². The van der Waals surface area contributed by atoms with E-state index in [2.05, 4.69) is 11.1 Å². The molecule has 21 heavy (non-hydrogen) atoms. The fourth-order valence-corrected chi connectivity index (χ4v) is 2.65. The summed E-state index contributed by atoms with van der Waals surface area (Å²) in [5.41, 5.74) is 3.40. The molecule has 0 fully saturated rings. The molecule has 2 aromatic rings. The van der Waals surface area contributed by atoms with Crippen molar-refractivity contribution in [3.8, 4) is 22.9 Å². The molecule has 1 heterocycles. The lowest BCUT2D eigenvalue weighted by Gasteiger charge is -2.19. The van der Waals surface area contributed by atoms with Gasteiger partial charge in [-0.05, 0) is 37.6 Å². The Hall–Kier alpha value is -1.76. The highest BCUT2D eigenvalue weighted by molar-refractivity contribution is 6.32. The number of benzene rings is 1. The summed E-state index contributed by atoms with van der Waals surface area (Å²) >= 11 is 12.5. The standard InChI is InChI=1S/C16H14Cl2N2O/c1-9-13(18)7-12(10(2)17)16(21-3)15(9)11-5-4-6-20-14(11)8-19/h4-7,10H,1-3H3. The molecular formula is C16H14Cl2N2O. The van der Waals surface area contributed by atoms with Crippen LogP contribution in [-0.4, -0.2) is 12.1 Å². The summed E-state index contributed by atoms with van der Waals surface area (Å²) in [4.78, 5) is 4.10. The maximum atomic E-state index is 9.27. The van der Waals surface area contributed by atoms with Gasteiger partial charge in [0.2, 0.25) is 0 Å². The van der Waals surface area contributed by atoms with Crippen LogP contribution >= 0.6 is 23.2 Å². The predicted molar refractivity (Wildman–Crippen MR) is 85.0 cm³/mol. The van der Waals surface area contributed by atoms with Crippen LogP contribution in [0.1, 0.15) is 29.1 Å². The lowest BCUT2D eigenvalue weighted by Crippen LogP contribution is -2.00. The van der Waals surface area contributed by atoms with Gasteiger partial charge in [-0.3, -0.25) is 0 Å². The Bertz CT molecular complexity index is 721. The molecule has 0 bridgehead atoms. The van der Waals surface area contributed by atoms with Gasteiger partial charge in [0.1, 0.15) is 17.5 Å². The highest BCUT2D eigenvalue weighted by Gasteiger charge is 2.21. The van der Waals surface area contributed by atoms with E-state index in [1.54, 1.807) is 25.4 Å². The maximum absolute atomic E-state index is 9.27. The fourth-order valence-electron chi connectivity index (χ4n) is 2.28. The molecule has 0 spiro atoms. The minimum atomic E-state index is -0.265. The lowest BCUT2D eigenvalue weighted by atomic mass is 9.94. The van der Waals surface area contributed by atoms with Gasteiger partial charge < -0.3 is 4.74 Å². The molecule has 0 saturated carbocycles. The van der Waals surface area contributed by atoms with Crippen molar-refractivity contribution in [1.29, 1.82) is 5.26 Å². The van der Waals surface area contributed by atoms with Gasteiger partial charge in [-0.15, -0.1) is 11.6 Å². The summed E-state index contributed by atoms with van der Waals surface area (Å²) in [6, 6.07) is 7.51. The molecule has 0 aliphatic heterocycles. The number of ether oxygens (including phenoxy) is 1. The minimum absolute atomic E-state index is 0.265. The second-order valence-corrected chi connectivity index (χ2v) is 5.67. The Morgan fingerprint density at radius 2 is 2.14 bits per heavy atom. The molecule has 0 amide bonds. The van der Waals surface area contributed by atoms with E-state index in [0.717, 1.165) is 16.7 Å². The predicted octanol–water partition coefficient (Wildman–Crippen LogP) is 4.89. The van der Waals surface area contributed by atoms with Crippen LogP contribution < -0.4 is 4.74 Å². The summed E-state index contributed by atoms with van der Waals surface area (Å²) in [5, 5.41) is 9.59. The Kier molecular flexibility index (Phi) is 4.72. The Morgan fingerprint density at radius 1 is 1.43 bits per heavy atom. The van der Waals surface area contributed by atoms with Crippen molar-refractivity contribution in [2.75, 3.05) is 7.11 Å². The Balaban J connectivity index is 2.88. The van der Waals surface area contributed by atoms with E-state index in [-0.39, 0.29) is 5.38 Å². The van der Waals surface area contributed by atoms with Crippen LogP contribution in [0.2, 0.25) is 5.02 Å². The molecule has 3 nitrogen and oxygen atoms in total. The van der Waals surface area contributed by atoms with Crippen molar-refractivity contribution < 1.29 is 4.74 Å². The van der Waals surface area contributed by atoms with Crippen molar-refractivity contribution in [2.45, 2.75) is 19.2 Å². The van der Waals surface area contributed by atoms with Crippen LogP contribution in [0, 0.1) is 18.3 Å². The van der Waals surface area contributed by atoms with E-state index >= 15 is 0 Å². The zero-order chi connectivity index (χ0) is 15.6. The van der Waals surface area contributed by atoms with Crippen LogP contribution in [-0.2, 0) is 0 Å². The molecule has 0 aliphatic rings. The summed E-state index contributed by atoms with van der Waals surface area (Å²) in [6.45, 7) is 3.74. The fraction of sp³-hybridized carbons (Fsp3) is 0.250. The van der Waals surface area contributed by atoms with Crippen LogP contribution in [0.15, 0.2) is 24.4 Å². The largest absolute Gasteiger partial charge is 0.496 e. The smallest absolute Gasteiger partial charge is 0.148 e. The van der Waals surface area contributed by atoms with Gasteiger partial charge >= 0.3 is 0 Å². The van der Waals surface area contributed by atoms with Crippen LogP contribution in [0.3, 0.4) is 0 Å². The van der Waals surface area contributed by atoms with Crippen molar-refractivity contribution in [3.63, 3.8) is 0 Å². The number of halogens is 2. The SMILES string of the molecule is COc1c(C(C)Cl)cc(Cl)c(C)c1-c1cccnc1C#N. The molecule has 1 aromatic carbocycles. The van der Waals surface area contributed by atoms with Crippen LogP contribution in [0.25, 0.3) is 11.1 Å². The summed E-state index contributed by atoms with van der Waals surface area (Å²) in [6.07, 6.45) is 1.58. The lowest BCUT2D eigenvalue weighted by molar-refractivity contribution is 0.411. The number of methoxy groups -OCH3 is 1. The molecule has 0 saturated heterocycles. The van der Waals surface area contributed by atoms with Gasteiger partial charge in [-0.2, -0.15) is 5.26 Å². The van der Waals surface area contributed by atoms with Gasteiger partial charge in [-0.25, -0.2) is 4.98 Å². The molecule has 108 valence electrons. The number of nitrogens with zero attached hydrogens (tertiary/aromatic N) is 2. The number of pyridine rings is 1. The minimum Gasteiger partial charge on any atom is -0.496 e. The van der Waals surface area contributed by atoms with E-state index in [9.17, 15) is 5.26 Å². The summed E-state index contributed by atoms with van der Waals surface area (Å²) in [5.74, 6) is 0.629. The number of rotatable bonds is 3. The molecule has 1 aromatic heterocycles. The second kappa shape index (κ2) is 6.34. The Labute approximate surface area is 134 Å². The molecule has 0 radical (unpaired) electrons. The third kappa shape index (κ3) is 2.83. The third-order valence-electron chi connectivity index (χ3n) is 3.32. The first-order chi connectivity index (χ1) is 10.0. The van der Waals surface area contributed by atoms with Crippen LogP contribution in [0.4, 0.5) is 0 Å². The monoisotopic (exact) mass is 320 g/mol. The first kappa shape index (κ1) is 15.6. The first-order valence-electron chi connectivity index (χ1n) is 6.37. The second-order valence-electron chi connectivity index (χ2n) is 4.61. The van der Waals surface area contributed by atoms with Gasteiger partial charge in [0.25, 0.3) is 0 Å². The van der Waals surface area contributed by atoms with E-state index in [1.807, 2.05) is 19.9 Å². The molecular weight excluding hydrogens is 307 g/mol. The van der Waals surface area contributed by atoms with Gasteiger partial charge in [-0.1, -0.05) is 11.6 Å². The molecule has 5 heteroatoms.